The van der Waals surface area contributed by atoms with Gasteiger partial charge in [-0.15, -0.1) is 0 Å². The highest BCUT2D eigenvalue weighted by Crippen LogP contribution is 2.22. The third kappa shape index (κ3) is 2.67. The monoisotopic (exact) mass is 264 g/mol. The smallest absolute Gasteiger partial charge is 0.276 e. The molecule has 1 aromatic carbocycles. The molecule has 0 atom stereocenters. The summed E-state index contributed by atoms with van der Waals surface area (Å²) >= 11 is 5.76. The predicted octanol–water partition coefficient (Wildman–Crippen LogP) is 1.26. The molecular formula is C11H9ClN4O2. The number of hydrogen-bond acceptors (Lipinski definition) is 4. The topological polar surface area (TPSA) is 101 Å². The lowest BCUT2D eigenvalue weighted by Gasteiger charge is -2.05. The highest BCUT2D eigenvalue weighted by Gasteiger charge is 2.08. The molecule has 6 nitrogen and oxygen atoms in total. The van der Waals surface area contributed by atoms with Crippen LogP contribution in [-0.2, 0) is 0 Å². The normalized spacial score (nSPS) is 10.1. The number of halogens is 1. The van der Waals surface area contributed by atoms with Crippen molar-refractivity contribution < 1.29 is 4.79 Å². The number of nitrogen functional groups attached to an aromatic ring is 1. The fourth-order valence-electron chi connectivity index (χ4n) is 1.29. The molecular weight excluding hydrogens is 256 g/mol. The number of carbonyl (C=O) groups is 1. The average molecular weight is 265 g/mol. The average Bonchev–Trinajstić information content (AvgIpc) is 2.34. The summed E-state index contributed by atoms with van der Waals surface area (Å²) in [5.74, 6) is -0.451. The Morgan fingerprint density at radius 2 is 2.11 bits per heavy atom. The number of aromatic amines is 1. The van der Waals surface area contributed by atoms with E-state index in [2.05, 4.69) is 15.5 Å². The standard InChI is InChI=1S/C11H9ClN4O2/c12-7-2-1-6(5-8(7)13)14-11(18)9-3-4-10(17)16-15-9/h1-5H,13H2,(H,14,18)(H,16,17). The second-order valence-corrected chi connectivity index (χ2v) is 3.90. The zero-order valence-electron chi connectivity index (χ0n) is 9.11. The van der Waals surface area contributed by atoms with Crippen LogP contribution in [0.15, 0.2) is 35.1 Å². The number of carbonyl (C=O) groups excluding carboxylic acids is 1. The molecule has 0 unspecified atom stereocenters. The third-order valence-electron chi connectivity index (χ3n) is 2.17. The van der Waals surface area contributed by atoms with Crippen LogP contribution in [0, 0.1) is 0 Å². The van der Waals surface area contributed by atoms with E-state index < -0.39 is 5.91 Å². The van der Waals surface area contributed by atoms with E-state index in [1.807, 2.05) is 0 Å². The molecule has 4 N–H and O–H groups in total. The van der Waals surface area contributed by atoms with Crippen LogP contribution in [0.2, 0.25) is 5.02 Å². The molecule has 1 aromatic heterocycles. The number of benzene rings is 1. The molecule has 92 valence electrons. The summed E-state index contributed by atoms with van der Waals surface area (Å²) in [5.41, 5.74) is 6.20. The second-order valence-electron chi connectivity index (χ2n) is 3.50. The maximum Gasteiger partial charge on any atom is 0.276 e. The van der Waals surface area contributed by atoms with Crippen molar-refractivity contribution in [1.29, 1.82) is 0 Å². The van der Waals surface area contributed by atoms with Crippen molar-refractivity contribution >= 4 is 28.9 Å². The van der Waals surface area contributed by atoms with Crippen LogP contribution < -0.4 is 16.6 Å². The molecule has 2 rings (SSSR count). The molecule has 0 aliphatic carbocycles. The lowest BCUT2D eigenvalue weighted by Crippen LogP contribution is -2.17. The summed E-state index contributed by atoms with van der Waals surface area (Å²) in [7, 11) is 0. The number of nitrogens with one attached hydrogen (secondary N) is 2. The number of H-pyrrole nitrogens is 1. The number of amides is 1. The van der Waals surface area contributed by atoms with Crippen molar-refractivity contribution in [1.82, 2.24) is 10.2 Å². The minimum Gasteiger partial charge on any atom is -0.397 e. The first-order chi connectivity index (χ1) is 8.56. The van der Waals surface area contributed by atoms with E-state index in [9.17, 15) is 9.59 Å². The molecule has 1 heterocycles. The molecule has 0 fully saturated rings. The van der Waals surface area contributed by atoms with Gasteiger partial charge in [0.25, 0.3) is 11.5 Å². The Morgan fingerprint density at radius 3 is 2.72 bits per heavy atom. The van der Waals surface area contributed by atoms with Gasteiger partial charge < -0.3 is 11.1 Å². The summed E-state index contributed by atoms with van der Waals surface area (Å²) in [6.07, 6.45) is 0. The fourth-order valence-corrected chi connectivity index (χ4v) is 1.41. The molecule has 2 aromatic rings. The maximum atomic E-state index is 11.8. The van der Waals surface area contributed by atoms with Gasteiger partial charge in [-0.3, -0.25) is 9.59 Å². The van der Waals surface area contributed by atoms with E-state index >= 15 is 0 Å². The summed E-state index contributed by atoms with van der Waals surface area (Å²) in [5, 5.41) is 8.78. The molecule has 0 spiro atoms. The van der Waals surface area contributed by atoms with Gasteiger partial charge in [-0.05, 0) is 24.3 Å². The van der Waals surface area contributed by atoms with Gasteiger partial charge in [0.05, 0.1) is 10.7 Å². The summed E-state index contributed by atoms with van der Waals surface area (Å²) in [4.78, 5) is 22.6. The molecule has 0 bridgehead atoms. The quantitative estimate of drug-likeness (QED) is 0.711. The van der Waals surface area contributed by atoms with Gasteiger partial charge in [0.2, 0.25) is 0 Å². The number of nitrogens with two attached hydrogens (primary N) is 1. The van der Waals surface area contributed by atoms with Gasteiger partial charge in [0.1, 0.15) is 5.69 Å². The van der Waals surface area contributed by atoms with E-state index in [4.69, 9.17) is 17.3 Å². The Kier molecular flexibility index (Phi) is 3.29. The SMILES string of the molecule is Nc1cc(NC(=O)c2ccc(=O)[nH]n2)ccc1Cl. The number of anilines is 2. The van der Waals surface area contributed by atoms with Crippen molar-refractivity contribution in [3.05, 3.63) is 51.4 Å². The van der Waals surface area contributed by atoms with E-state index in [1.165, 1.54) is 18.2 Å². The van der Waals surface area contributed by atoms with Gasteiger partial charge in [-0.2, -0.15) is 5.10 Å². The molecule has 0 saturated carbocycles. The Morgan fingerprint density at radius 1 is 1.33 bits per heavy atom. The molecule has 0 radical (unpaired) electrons. The summed E-state index contributed by atoms with van der Waals surface area (Å²) in [6, 6.07) is 7.27. The zero-order valence-corrected chi connectivity index (χ0v) is 9.86. The zero-order chi connectivity index (χ0) is 13.1. The maximum absolute atomic E-state index is 11.8. The number of nitrogens with zero attached hydrogens (tertiary/aromatic N) is 1. The Labute approximate surface area is 107 Å². The summed E-state index contributed by atoms with van der Waals surface area (Å²) in [6.45, 7) is 0. The van der Waals surface area contributed by atoms with Crippen LogP contribution >= 0.6 is 11.6 Å². The third-order valence-corrected chi connectivity index (χ3v) is 2.51. The predicted molar refractivity (Wildman–Crippen MR) is 68.7 cm³/mol. The Balaban J connectivity index is 2.18. The lowest BCUT2D eigenvalue weighted by atomic mass is 10.2. The van der Waals surface area contributed by atoms with Crippen molar-refractivity contribution in [2.45, 2.75) is 0 Å². The van der Waals surface area contributed by atoms with Crippen LogP contribution in [0.25, 0.3) is 0 Å². The minimum absolute atomic E-state index is 0.100. The first kappa shape index (κ1) is 12.1. The molecule has 0 aliphatic rings. The molecule has 1 amide bonds. The van der Waals surface area contributed by atoms with E-state index in [0.29, 0.717) is 16.4 Å². The largest absolute Gasteiger partial charge is 0.397 e. The van der Waals surface area contributed by atoms with Crippen LogP contribution in [0.1, 0.15) is 10.5 Å². The molecule has 0 saturated heterocycles. The van der Waals surface area contributed by atoms with Crippen molar-refractivity contribution in [3.8, 4) is 0 Å². The number of aromatic nitrogens is 2. The van der Waals surface area contributed by atoms with Crippen molar-refractivity contribution in [2.24, 2.45) is 0 Å². The van der Waals surface area contributed by atoms with Crippen molar-refractivity contribution in [3.63, 3.8) is 0 Å². The Bertz CT molecular complexity index is 633. The van der Waals surface area contributed by atoms with Crippen molar-refractivity contribution in [2.75, 3.05) is 11.1 Å². The van der Waals surface area contributed by atoms with Crippen LogP contribution in [0.4, 0.5) is 11.4 Å². The molecule has 18 heavy (non-hydrogen) atoms. The highest BCUT2D eigenvalue weighted by atomic mass is 35.5. The van der Waals surface area contributed by atoms with Gasteiger partial charge in [-0.1, -0.05) is 11.6 Å². The van der Waals surface area contributed by atoms with E-state index in [0.717, 1.165) is 0 Å². The van der Waals surface area contributed by atoms with Gasteiger partial charge >= 0.3 is 0 Å². The van der Waals surface area contributed by atoms with Crippen LogP contribution in [0.5, 0.6) is 0 Å². The molecule has 0 aliphatic heterocycles. The first-order valence-electron chi connectivity index (χ1n) is 4.98. The van der Waals surface area contributed by atoms with Gasteiger partial charge in [-0.25, -0.2) is 5.10 Å². The lowest BCUT2D eigenvalue weighted by molar-refractivity contribution is 0.102. The van der Waals surface area contributed by atoms with E-state index in [-0.39, 0.29) is 11.3 Å². The number of rotatable bonds is 2. The second kappa shape index (κ2) is 4.89. The molecule has 7 heteroatoms. The Hall–Kier alpha value is -2.34. The first-order valence-corrected chi connectivity index (χ1v) is 5.36. The highest BCUT2D eigenvalue weighted by molar-refractivity contribution is 6.33. The fraction of sp³-hybridized carbons (Fsp3) is 0. The van der Waals surface area contributed by atoms with Crippen LogP contribution in [0.3, 0.4) is 0 Å². The summed E-state index contributed by atoms with van der Waals surface area (Å²) < 4.78 is 0. The number of hydrogen-bond donors (Lipinski definition) is 3. The van der Waals surface area contributed by atoms with Crippen LogP contribution in [-0.4, -0.2) is 16.1 Å². The van der Waals surface area contributed by atoms with E-state index in [1.54, 1.807) is 12.1 Å². The minimum atomic E-state index is -0.451. The van der Waals surface area contributed by atoms with Gasteiger partial charge in [0.15, 0.2) is 0 Å². The van der Waals surface area contributed by atoms with Gasteiger partial charge in [0, 0.05) is 11.8 Å².